The lowest BCUT2D eigenvalue weighted by Crippen LogP contribution is -2.06. The number of rotatable bonds is 3. The predicted molar refractivity (Wildman–Crippen MR) is 66.8 cm³/mol. The van der Waals surface area contributed by atoms with Gasteiger partial charge in [-0.15, -0.1) is 0 Å². The summed E-state index contributed by atoms with van der Waals surface area (Å²) in [5.41, 5.74) is 4.88. The molecule has 1 aliphatic carbocycles. The van der Waals surface area contributed by atoms with Gasteiger partial charge in [-0.1, -0.05) is 48.5 Å². The van der Waals surface area contributed by atoms with Crippen LogP contribution in [0.15, 0.2) is 48.5 Å². The molecule has 2 nitrogen and oxygen atoms in total. The van der Waals surface area contributed by atoms with Crippen LogP contribution in [0.1, 0.15) is 17.2 Å². The molecule has 2 aromatic rings. The molecule has 1 aliphatic rings. The highest BCUT2D eigenvalue weighted by atomic mass is 16.5. The van der Waals surface area contributed by atoms with Crippen LogP contribution in [0.5, 0.6) is 0 Å². The maximum atomic E-state index is 8.90. The van der Waals surface area contributed by atoms with Gasteiger partial charge in [0.25, 0.3) is 0 Å². The molecule has 0 fully saturated rings. The summed E-state index contributed by atoms with van der Waals surface area (Å²) in [6, 6.07) is 16.6. The monoisotopic (exact) mass is 226 g/mol. The van der Waals surface area contributed by atoms with Crippen molar-refractivity contribution >= 4 is 0 Å². The van der Waals surface area contributed by atoms with E-state index < -0.39 is 0 Å². The summed E-state index contributed by atoms with van der Waals surface area (Å²) in [5.74, 6) is 0. The van der Waals surface area contributed by atoms with Gasteiger partial charge in [-0.3, -0.25) is 0 Å². The van der Waals surface area contributed by atoms with Gasteiger partial charge in [-0.25, -0.2) is 0 Å². The molecule has 0 unspecified atom stereocenters. The van der Waals surface area contributed by atoms with E-state index in [-0.39, 0.29) is 12.7 Å². The average molecular weight is 226 g/mol. The van der Waals surface area contributed by atoms with Gasteiger partial charge < -0.3 is 9.84 Å². The van der Waals surface area contributed by atoms with Crippen LogP contribution in [0.25, 0.3) is 11.1 Å². The topological polar surface area (TPSA) is 29.5 Å². The number of aliphatic hydroxyl groups excluding tert-OH is 1. The molecule has 0 aromatic heterocycles. The Hall–Kier alpha value is -1.64. The maximum absolute atomic E-state index is 8.90. The van der Waals surface area contributed by atoms with Gasteiger partial charge in [0.15, 0.2) is 0 Å². The molecule has 17 heavy (non-hydrogen) atoms. The lowest BCUT2D eigenvalue weighted by atomic mass is 10.1. The van der Waals surface area contributed by atoms with Crippen molar-refractivity contribution in [2.75, 3.05) is 13.2 Å². The fourth-order valence-electron chi connectivity index (χ4n) is 2.46. The number of ether oxygens (including phenoxy) is 1. The third-order valence-corrected chi connectivity index (χ3v) is 3.15. The first kappa shape index (κ1) is 10.5. The quantitative estimate of drug-likeness (QED) is 0.872. The first-order valence-electron chi connectivity index (χ1n) is 5.82. The normalized spacial score (nSPS) is 13.5. The Kier molecular flexibility index (Phi) is 2.67. The average Bonchev–Trinajstić information content (AvgIpc) is 2.71. The highest BCUT2D eigenvalue weighted by molar-refractivity contribution is 5.77. The molecule has 0 aliphatic heterocycles. The Bertz CT molecular complexity index is 488. The van der Waals surface area contributed by atoms with Gasteiger partial charge in [0.2, 0.25) is 0 Å². The number of hydrogen-bond acceptors (Lipinski definition) is 2. The van der Waals surface area contributed by atoms with Crippen molar-refractivity contribution in [3.8, 4) is 11.1 Å². The van der Waals surface area contributed by atoms with E-state index in [9.17, 15) is 0 Å². The van der Waals surface area contributed by atoms with Crippen LogP contribution in [0.4, 0.5) is 0 Å². The Balaban J connectivity index is 2.10. The van der Waals surface area contributed by atoms with Crippen LogP contribution >= 0.6 is 0 Å². The van der Waals surface area contributed by atoms with Crippen molar-refractivity contribution < 1.29 is 9.84 Å². The molecule has 0 heterocycles. The molecule has 0 spiro atoms. The van der Waals surface area contributed by atoms with Crippen molar-refractivity contribution in [1.82, 2.24) is 0 Å². The molecule has 1 N–H and O–H groups in total. The minimum atomic E-state index is -0.0328. The molecule has 0 radical (unpaired) electrons. The van der Waals surface area contributed by atoms with E-state index in [2.05, 4.69) is 24.3 Å². The van der Waals surface area contributed by atoms with Crippen LogP contribution in [0.3, 0.4) is 0 Å². The summed E-state index contributed by atoms with van der Waals surface area (Å²) in [5, 5.41) is 8.90. The van der Waals surface area contributed by atoms with Crippen molar-refractivity contribution in [3.63, 3.8) is 0 Å². The van der Waals surface area contributed by atoms with E-state index >= 15 is 0 Å². The lowest BCUT2D eigenvalue weighted by Gasteiger charge is -2.13. The van der Waals surface area contributed by atoms with Gasteiger partial charge in [0, 0.05) is 0 Å². The summed E-state index contributed by atoms with van der Waals surface area (Å²) < 4.78 is 5.76. The fraction of sp³-hybridized carbons (Fsp3) is 0.200. The molecule has 0 saturated heterocycles. The zero-order valence-electron chi connectivity index (χ0n) is 9.47. The van der Waals surface area contributed by atoms with E-state index in [0.717, 1.165) is 0 Å². The van der Waals surface area contributed by atoms with Gasteiger partial charge in [0.05, 0.1) is 13.2 Å². The highest BCUT2D eigenvalue weighted by Gasteiger charge is 2.28. The highest BCUT2D eigenvalue weighted by Crippen LogP contribution is 2.44. The van der Waals surface area contributed by atoms with Gasteiger partial charge >= 0.3 is 0 Å². The van der Waals surface area contributed by atoms with Crippen LogP contribution in [0, 0.1) is 0 Å². The molecule has 86 valence electrons. The van der Waals surface area contributed by atoms with Crippen LogP contribution < -0.4 is 0 Å². The standard InChI is InChI=1S/C15H14O2/c16-9-10-17-15-13-7-3-1-5-11(13)12-6-2-4-8-14(12)15/h1-8,15-16H,9-10H2. The zero-order valence-corrected chi connectivity index (χ0v) is 9.47. The molecular weight excluding hydrogens is 212 g/mol. The smallest absolute Gasteiger partial charge is 0.109 e. The minimum Gasteiger partial charge on any atom is -0.394 e. The second-order valence-electron chi connectivity index (χ2n) is 4.15. The summed E-state index contributed by atoms with van der Waals surface area (Å²) >= 11 is 0. The largest absolute Gasteiger partial charge is 0.394 e. The Morgan fingerprint density at radius 2 is 1.41 bits per heavy atom. The van der Waals surface area contributed by atoms with Gasteiger partial charge in [0.1, 0.15) is 6.10 Å². The molecule has 0 atom stereocenters. The van der Waals surface area contributed by atoms with E-state index in [0.29, 0.717) is 6.61 Å². The number of fused-ring (bicyclic) bond motifs is 3. The second kappa shape index (κ2) is 4.32. The van der Waals surface area contributed by atoms with Crippen LogP contribution in [-0.2, 0) is 4.74 Å². The summed E-state index contributed by atoms with van der Waals surface area (Å²) in [4.78, 5) is 0. The first-order chi connectivity index (χ1) is 8.42. The van der Waals surface area contributed by atoms with E-state index in [1.807, 2.05) is 24.3 Å². The molecule has 2 aromatic carbocycles. The predicted octanol–water partition coefficient (Wildman–Crippen LogP) is 2.77. The Morgan fingerprint density at radius 1 is 0.882 bits per heavy atom. The SMILES string of the molecule is OCCOC1c2ccccc2-c2ccccc21. The maximum Gasteiger partial charge on any atom is 0.109 e. The zero-order chi connectivity index (χ0) is 11.7. The molecule has 0 saturated carbocycles. The van der Waals surface area contributed by atoms with Crippen LogP contribution in [-0.4, -0.2) is 18.3 Å². The first-order valence-corrected chi connectivity index (χ1v) is 5.82. The molecule has 0 bridgehead atoms. The van der Waals surface area contributed by atoms with E-state index in [4.69, 9.17) is 9.84 Å². The Morgan fingerprint density at radius 3 is 1.94 bits per heavy atom. The number of hydrogen-bond donors (Lipinski definition) is 1. The summed E-state index contributed by atoms with van der Waals surface area (Å²) in [6.07, 6.45) is -0.0328. The fourth-order valence-corrected chi connectivity index (χ4v) is 2.46. The van der Waals surface area contributed by atoms with Gasteiger partial charge in [-0.05, 0) is 22.3 Å². The number of aliphatic hydroxyl groups is 1. The molecular formula is C15H14O2. The molecule has 0 amide bonds. The van der Waals surface area contributed by atoms with E-state index in [1.54, 1.807) is 0 Å². The van der Waals surface area contributed by atoms with Crippen LogP contribution in [0.2, 0.25) is 0 Å². The third kappa shape index (κ3) is 1.66. The lowest BCUT2D eigenvalue weighted by molar-refractivity contribution is 0.0524. The molecule has 2 heteroatoms. The second-order valence-corrected chi connectivity index (χ2v) is 4.15. The third-order valence-electron chi connectivity index (χ3n) is 3.15. The number of benzene rings is 2. The van der Waals surface area contributed by atoms with Crippen molar-refractivity contribution in [2.24, 2.45) is 0 Å². The summed E-state index contributed by atoms with van der Waals surface area (Å²) in [6.45, 7) is 0.425. The molecule has 3 rings (SSSR count). The van der Waals surface area contributed by atoms with Crippen molar-refractivity contribution in [2.45, 2.75) is 6.10 Å². The van der Waals surface area contributed by atoms with Crippen molar-refractivity contribution in [3.05, 3.63) is 59.7 Å². The minimum absolute atomic E-state index is 0.0328. The van der Waals surface area contributed by atoms with Gasteiger partial charge in [-0.2, -0.15) is 0 Å². The van der Waals surface area contributed by atoms with Crippen molar-refractivity contribution in [1.29, 1.82) is 0 Å². The Labute approximate surface area is 100 Å². The summed E-state index contributed by atoms with van der Waals surface area (Å²) in [7, 11) is 0. The van der Waals surface area contributed by atoms with E-state index in [1.165, 1.54) is 22.3 Å².